The third kappa shape index (κ3) is 3.82. The summed E-state index contributed by atoms with van der Waals surface area (Å²) in [4.78, 5) is 14.7. The lowest BCUT2D eigenvalue weighted by Gasteiger charge is -2.18. The molecule has 4 aromatic rings. The standard InChI is InChI=1S/C20H16F3N5O4/c1-10(11-5-12(20(21,22)23)7-13(6-11)28(30)31)24-19-15-8-14(29)3-4-16(15)27-17(25-19)9-18(26-27)32-2/h3-10,29H,1-2H3,(H,24,25)/t10-/m1/s1. The van der Waals surface area contributed by atoms with Crippen LogP contribution in [0.4, 0.5) is 24.7 Å². The minimum absolute atomic E-state index is 0.0487. The van der Waals surface area contributed by atoms with Crippen molar-refractivity contribution in [2.45, 2.75) is 19.1 Å². The number of non-ortho nitro benzene ring substituents is 1. The van der Waals surface area contributed by atoms with Gasteiger partial charge in [0, 0.05) is 23.6 Å². The number of aromatic hydroxyl groups is 1. The highest BCUT2D eigenvalue weighted by Crippen LogP contribution is 2.35. The first kappa shape index (κ1) is 21.2. The number of benzene rings is 2. The quantitative estimate of drug-likeness (QED) is 0.337. The van der Waals surface area contributed by atoms with Crippen LogP contribution in [0.1, 0.15) is 24.1 Å². The Labute approximate surface area is 178 Å². The van der Waals surface area contributed by atoms with Gasteiger partial charge in [0.2, 0.25) is 5.88 Å². The molecule has 12 heteroatoms. The van der Waals surface area contributed by atoms with Crippen molar-refractivity contribution >= 4 is 28.1 Å². The highest BCUT2D eigenvalue weighted by molar-refractivity contribution is 5.92. The first-order valence-corrected chi connectivity index (χ1v) is 9.26. The van der Waals surface area contributed by atoms with Crippen LogP contribution in [0.5, 0.6) is 11.6 Å². The molecule has 0 aliphatic rings. The number of phenols is 1. The zero-order valence-corrected chi connectivity index (χ0v) is 16.7. The Balaban J connectivity index is 1.83. The van der Waals surface area contributed by atoms with E-state index < -0.39 is 28.4 Å². The van der Waals surface area contributed by atoms with E-state index in [0.717, 1.165) is 12.1 Å². The molecule has 0 bridgehead atoms. The van der Waals surface area contributed by atoms with Crippen molar-refractivity contribution in [3.8, 4) is 11.6 Å². The lowest BCUT2D eigenvalue weighted by molar-refractivity contribution is -0.385. The van der Waals surface area contributed by atoms with Crippen LogP contribution in [0, 0.1) is 10.1 Å². The summed E-state index contributed by atoms with van der Waals surface area (Å²) in [7, 11) is 1.44. The van der Waals surface area contributed by atoms with Gasteiger partial charge >= 0.3 is 6.18 Å². The topological polar surface area (TPSA) is 115 Å². The summed E-state index contributed by atoms with van der Waals surface area (Å²) in [5, 5.41) is 28.8. The number of hydrogen-bond donors (Lipinski definition) is 2. The number of methoxy groups -OCH3 is 1. The van der Waals surface area contributed by atoms with Crippen molar-refractivity contribution in [1.82, 2.24) is 14.6 Å². The molecule has 2 N–H and O–H groups in total. The molecular formula is C20H16F3N5O4. The number of fused-ring (bicyclic) bond motifs is 3. The molecule has 166 valence electrons. The van der Waals surface area contributed by atoms with Gasteiger partial charge < -0.3 is 15.2 Å². The van der Waals surface area contributed by atoms with Crippen molar-refractivity contribution in [2.24, 2.45) is 0 Å². The largest absolute Gasteiger partial charge is 0.508 e. The van der Waals surface area contributed by atoms with Crippen LogP contribution in [0.15, 0.2) is 42.5 Å². The second-order valence-electron chi connectivity index (χ2n) is 7.05. The summed E-state index contributed by atoms with van der Waals surface area (Å²) < 4.78 is 46.4. The van der Waals surface area contributed by atoms with Crippen LogP contribution in [0.2, 0.25) is 0 Å². The fourth-order valence-corrected chi connectivity index (χ4v) is 3.33. The molecule has 0 aliphatic carbocycles. The molecule has 0 radical (unpaired) electrons. The monoisotopic (exact) mass is 447 g/mol. The molecule has 1 atom stereocenters. The van der Waals surface area contributed by atoms with E-state index in [1.165, 1.54) is 23.8 Å². The predicted molar refractivity (Wildman–Crippen MR) is 109 cm³/mol. The van der Waals surface area contributed by atoms with Crippen molar-refractivity contribution in [3.63, 3.8) is 0 Å². The molecule has 32 heavy (non-hydrogen) atoms. The molecule has 0 fully saturated rings. The van der Waals surface area contributed by atoms with Crippen LogP contribution in [0.25, 0.3) is 16.6 Å². The number of anilines is 1. The third-order valence-electron chi connectivity index (χ3n) is 4.90. The number of nitrogens with zero attached hydrogens (tertiary/aromatic N) is 4. The Morgan fingerprint density at radius 3 is 2.62 bits per heavy atom. The molecule has 0 aliphatic heterocycles. The molecule has 2 aromatic carbocycles. The molecule has 9 nitrogen and oxygen atoms in total. The van der Waals surface area contributed by atoms with E-state index in [-0.39, 0.29) is 17.1 Å². The van der Waals surface area contributed by atoms with Gasteiger partial charge in [0.05, 0.1) is 29.2 Å². The Morgan fingerprint density at radius 1 is 1.22 bits per heavy atom. The Bertz CT molecular complexity index is 1350. The van der Waals surface area contributed by atoms with E-state index in [4.69, 9.17) is 4.74 Å². The maximum Gasteiger partial charge on any atom is 0.416 e. The van der Waals surface area contributed by atoms with Gasteiger partial charge in [-0.1, -0.05) is 0 Å². The van der Waals surface area contributed by atoms with Gasteiger partial charge in [-0.15, -0.1) is 5.10 Å². The molecule has 0 spiro atoms. The van der Waals surface area contributed by atoms with E-state index in [9.17, 15) is 28.4 Å². The molecule has 0 saturated heterocycles. The number of ether oxygens (including phenoxy) is 1. The number of nitrogens with one attached hydrogen (secondary N) is 1. The van der Waals surface area contributed by atoms with Gasteiger partial charge in [-0.3, -0.25) is 10.1 Å². The van der Waals surface area contributed by atoms with Gasteiger partial charge in [-0.05, 0) is 36.8 Å². The van der Waals surface area contributed by atoms with Crippen molar-refractivity contribution in [3.05, 3.63) is 63.7 Å². The summed E-state index contributed by atoms with van der Waals surface area (Å²) in [5.74, 6) is 0.493. The number of aromatic nitrogens is 3. The number of nitro benzene ring substituents is 1. The zero-order valence-electron chi connectivity index (χ0n) is 16.7. The minimum atomic E-state index is -4.75. The predicted octanol–water partition coefficient (Wildman–Crippen LogP) is 4.70. The summed E-state index contributed by atoms with van der Waals surface area (Å²) in [5.41, 5.74) is -0.796. The van der Waals surface area contributed by atoms with Crippen LogP contribution in [0.3, 0.4) is 0 Å². The number of halogens is 3. The molecule has 4 rings (SSSR count). The minimum Gasteiger partial charge on any atom is -0.508 e. The maximum atomic E-state index is 13.3. The molecule has 0 saturated carbocycles. The highest BCUT2D eigenvalue weighted by atomic mass is 19.4. The SMILES string of the molecule is COc1cc2nc(N[C@H](C)c3cc([N+](=O)[O-])cc(C(F)(F)F)c3)c3cc(O)ccc3n2n1. The van der Waals surface area contributed by atoms with Gasteiger partial charge in [-0.25, -0.2) is 9.50 Å². The Kier molecular flexibility index (Phi) is 4.99. The second-order valence-corrected chi connectivity index (χ2v) is 7.05. The van der Waals surface area contributed by atoms with Gasteiger partial charge in [0.15, 0.2) is 5.65 Å². The van der Waals surface area contributed by atoms with Gasteiger partial charge in [0.1, 0.15) is 11.6 Å². The first-order chi connectivity index (χ1) is 15.1. The number of nitro groups is 1. The average Bonchev–Trinajstić information content (AvgIpc) is 3.16. The molecular weight excluding hydrogens is 431 g/mol. The first-order valence-electron chi connectivity index (χ1n) is 9.26. The second kappa shape index (κ2) is 7.55. The van der Waals surface area contributed by atoms with Crippen LogP contribution >= 0.6 is 0 Å². The van der Waals surface area contributed by atoms with E-state index >= 15 is 0 Å². The average molecular weight is 447 g/mol. The fraction of sp³-hybridized carbons (Fsp3) is 0.200. The molecule has 0 unspecified atom stereocenters. The van der Waals surface area contributed by atoms with E-state index in [0.29, 0.717) is 28.5 Å². The summed E-state index contributed by atoms with van der Waals surface area (Å²) >= 11 is 0. The highest BCUT2D eigenvalue weighted by Gasteiger charge is 2.33. The lowest BCUT2D eigenvalue weighted by Crippen LogP contribution is -2.12. The number of alkyl halides is 3. The molecule has 0 amide bonds. The number of phenolic OH excluding ortho intramolecular Hbond substituents is 1. The fourth-order valence-electron chi connectivity index (χ4n) is 3.33. The summed E-state index contributed by atoms with van der Waals surface area (Å²) in [6.45, 7) is 1.55. The zero-order chi connectivity index (χ0) is 23.2. The van der Waals surface area contributed by atoms with Crippen molar-refractivity contribution < 1.29 is 27.9 Å². The van der Waals surface area contributed by atoms with Crippen LogP contribution < -0.4 is 10.1 Å². The van der Waals surface area contributed by atoms with Gasteiger partial charge in [0.25, 0.3) is 5.69 Å². The Hall–Kier alpha value is -4.09. The Morgan fingerprint density at radius 2 is 1.97 bits per heavy atom. The van der Waals surface area contributed by atoms with E-state index in [1.54, 1.807) is 19.1 Å². The van der Waals surface area contributed by atoms with Crippen molar-refractivity contribution in [1.29, 1.82) is 0 Å². The van der Waals surface area contributed by atoms with E-state index in [1.807, 2.05) is 0 Å². The molecule has 2 heterocycles. The smallest absolute Gasteiger partial charge is 0.416 e. The number of rotatable bonds is 5. The lowest BCUT2D eigenvalue weighted by atomic mass is 10.0. The van der Waals surface area contributed by atoms with Gasteiger partial charge in [-0.2, -0.15) is 13.2 Å². The van der Waals surface area contributed by atoms with Crippen LogP contribution in [-0.2, 0) is 6.18 Å². The summed E-state index contributed by atoms with van der Waals surface area (Å²) in [6, 6.07) is 7.69. The molecule has 2 aromatic heterocycles. The van der Waals surface area contributed by atoms with Crippen molar-refractivity contribution in [2.75, 3.05) is 12.4 Å². The third-order valence-corrected chi connectivity index (χ3v) is 4.90. The van der Waals surface area contributed by atoms with Crippen LogP contribution in [-0.4, -0.2) is 31.7 Å². The normalized spacial score (nSPS) is 12.8. The maximum absolute atomic E-state index is 13.3. The summed E-state index contributed by atoms with van der Waals surface area (Å²) in [6.07, 6.45) is -4.75. The van der Waals surface area contributed by atoms with E-state index in [2.05, 4.69) is 15.4 Å². The number of hydrogen-bond acceptors (Lipinski definition) is 7.